The molecule has 2 amide bonds. The summed E-state index contributed by atoms with van der Waals surface area (Å²) in [5, 5.41) is 8.21. The summed E-state index contributed by atoms with van der Waals surface area (Å²) >= 11 is 0. The molecule has 1 atom stereocenters. The van der Waals surface area contributed by atoms with E-state index >= 15 is 0 Å². The molecule has 0 radical (unpaired) electrons. The van der Waals surface area contributed by atoms with Gasteiger partial charge in [0.15, 0.2) is 9.84 Å². The molecule has 1 aromatic rings. The average Bonchev–Trinajstić information content (AvgIpc) is 2.95. The van der Waals surface area contributed by atoms with Crippen molar-refractivity contribution in [1.29, 1.82) is 0 Å². The van der Waals surface area contributed by atoms with E-state index in [1.54, 1.807) is 6.07 Å². The first-order chi connectivity index (χ1) is 12.2. The summed E-state index contributed by atoms with van der Waals surface area (Å²) in [5.74, 6) is -0.278. The molecule has 0 spiro atoms. The van der Waals surface area contributed by atoms with E-state index in [1.807, 2.05) is 18.2 Å². The van der Waals surface area contributed by atoms with Gasteiger partial charge in [0, 0.05) is 18.5 Å². The van der Waals surface area contributed by atoms with E-state index < -0.39 is 15.9 Å². The van der Waals surface area contributed by atoms with Gasteiger partial charge in [-0.1, -0.05) is 26.0 Å². The van der Waals surface area contributed by atoms with Gasteiger partial charge < -0.3 is 5.32 Å². The summed E-state index contributed by atoms with van der Waals surface area (Å²) in [4.78, 5) is 24.7. The smallest absolute Gasteiger partial charge is 0.271 e. The minimum absolute atomic E-state index is 0.0560. The number of hydrogen-bond donors (Lipinski definition) is 1. The quantitative estimate of drug-likeness (QED) is 0.867. The first-order valence-corrected chi connectivity index (χ1v) is 10.6. The van der Waals surface area contributed by atoms with Crippen molar-refractivity contribution in [2.24, 2.45) is 5.10 Å². The van der Waals surface area contributed by atoms with Gasteiger partial charge >= 0.3 is 0 Å². The molecule has 0 saturated carbocycles. The monoisotopic (exact) mass is 377 g/mol. The fourth-order valence-corrected chi connectivity index (χ4v) is 4.86. The topological polar surface area (TPSA) is 95.9 Å². The molecule has 0 aromatic heterocycles. The number of rotatable bonds is 4. The molecule has 2 aliphatic heterocycles. The van der Waals surface area contributed by atoms with Crippen molar-refractivity contribution < 1.29 is 18.0 Å². The van der Waals surface area contributed by atoms with Gasteiger partial charge in [0.25, 0.3) is 5.91 Å². The lowest BCUT2D eigenvalue weighted by molar-refractivity contribution is -0.133. The average molecular weight is 377 g/mol. The van der Waals surface area contributed by atoms with Crippen molar-refractivity contribution in [2.45, 2.75) is 45.1 Å². The van der Waals surface area contributed by atoms with Gasteiger partial charge in [0.05, 0.1) is 17.5 Å². The summed E-state index contributed by atoms with van der Waals surface area (Å²) < 4.78 is 23.3. The van der Waals surface area contributed by atoms with Crippen LogP contribution in [0.4, 0.5) is 5.69 Å². The van der Waals surface area contributed by atoms with Crippen LogP contribution in [0.2, 0.25) is 0 Å². The maximum Gasteiger partial charge on any atom is 0.271 e. The fraction of sp³-hybridized carbons (Fsp3) is 0.500. The van der Waals surface area contributed by atoms with Gasteiger partial charge in [-0.15, -0.1) is 0 Å². The summed E-state index contributed by atoms with van der Waals surface area (Å²) in [7, 11) is -3.13. The fourth-order valence-electron chi connectivity index (χ4n) is 3.17. The van der Waals surface area contributed by atoms with Gasteiger partial charge in [0.1, 0.15) is 5.71 Å². The summed E-state index contributed by atoms with van der Waals surface area (Å²) in [6.07, 6.45) is 0.780. The molecule has 0 bridgehead atoms. The van der Waals surface area contributed by atoms with E-state index in [2.05, 4.69) is 24.3 Å². The van der Waals surface area contributed by atoms with Crippen molar-refractivity contribution in [2.75, 3.05) is 16.8 Å². The van der Waals surface area contributed by atoms with Crippen LogP contribution < -0.4 is 5.32 Å². The van der Waals surface area contributed by atoms with E-state index in [0.717, 1.165) is 5.56 Å². The lowest BCUT2D eigenvalue weighted by atomic mass is 10.0. The highest BCUT2D eigenvalue weighted by atomic mass is 32.2. The van der Waals surface area contributed by atoms with Gasteiger partial charge in [-0.3, -0.25) is 9.59 Å². The highest BCUT2D eigenvalue weighted by Crippen LogP contribution is 2.23. The maximum atomic E-state index is 12.5. The molecule has 2 heterocycles. The molecule has 0 aliphatic carbocycles. The SMILES string of the molecule is CC(C)c1cccc(NC(=O)C2=NN(C3CCS(=O)(=O)C3)C(=O)CC2)c1. The second-order valence-electron chi connectivity index (χ2n) is 7.08. The van der Waals surface area contributed by atoms with Crippen molar-refractivity contribution in [3.63, 3.8) is 0 Å². The van der Waals surface area contributed by atoms with E-state index in [4.69, 9.17) is 0 Å². The minimum Gasteiger partial charge on any atom is -0.321 e. The number of nitrogens with zero attached hydrogens (tertiary/aromatic N) is 2. The van der Waals surface area contributed by atoms with Crippen molar-refractivity contribution >= 4 is 33.1 Å². The van der Waals surface area contributed by atoms with Crippen LogP contribution in [0.15, 0.2) is 29.4 Å². The second kappa shape index (κ2) is 7.19. The van der Waals surface area contributed by atoms with E-state index in [0.29, 0.717) is 18.0 Å². The Balaban J connectivity index is 1.75. The van der Waals surface area contributed by atoms with Gasteiger partial charge in [0.2, 0.25) is 5.91 Å². The molecule has 1 fully saturated rings. The van der Waals surface area contributed by atoms with E-state index in [1.165, 1.54) is 5.01 Å². The van der Waals surface area contributed by atoms with Gasteiger partial charge in [-0.25, -0.2) is 13.4 Å². The third-order valence-electron chi connectivity index (χ3n) is 4.69. The molecule has 3 rings (SSSR count). The van der Waals surface area contributed by atoms with Gasteiger partial charge in [-0.2, -0.15) is 5.10 Å². The number of amides is 2. The van der Waals surface area contributed by atoms with Crippen LogP contribution in [0.5, 0.6) is 0 Å². The summed E-state index contributed by atoms with van der Waals surface area (Å²) in [5.41, 5.74) is 2.04. The molecule has 26 heavy (non-hydrogen) atoms. The maximum absolute atomic E-state index is 12.5. The highest BCUT2D eigenvalue weighted by molar-refractivity contribution is 7.91. The normalized spacial score (nSPS) is 22.4. The Morgan fingerprint density at radius 3 is 2.73 bits per heavy atom. The van der Waals surface area contributed by atoms with Crippen molar-refractivity contribution in [1.82, 2.24) is 5.01 Å². The van der Waals surface area contributed by atoms with Crippen LogP contribution in [-0.2, 0) is 19.4 Å². The first-order valence-electron chi connectivity index (χ1n) is 8.76. The first kappa shape index (κ1) is 18.6. The number of hydrazone groups is 1. The number of anilines is 1. The van der Waals surface area contributed by atoms with Crippen molar-refractivity contribution in [3.8, 4) is 0 Å². The van der Waals surface area contributed by atoms with Crippen LogP contribution in [0, 0.1) is 0 Å². The second-order valence-corrected chi connectivity index (χ2v) is 9.30. The number of nitrogens with one attached hydrogen (secondary N) is 1. The molecular weight excluding hydrogens is 354 g/mol. The third kappa shape index (κ3) is 4.12. The number of sulfone groups is 1. The number of carbonyl (C=O) groups excluding carboxylic acids is 2. The number of carbonyl (C=O) groups is 2. The zero-order chi connectivity index (χ0) is 18.9. The molecule has 1 unspecified atom stereocenters. The Kier molecular flexibility index (Phi) is 5.13. The minimum atomic E-state index is -3.13. The lowest BCUT2D eigenvalue weighted by Crippen LogP contribution is -2.42. The Morgan fingerprint density at radius 1 is 1.31 bits per heavy atom. The molecular formula is C18H23N3O4S. The zero-order valence-electron chi connectivity index (χ0n) is 14.9. The Labute approximate surface area is 153 Å². The van der Waals surface area contributed by atoms with E-state index in [9.17, 15) is 18.0 Å². The lowest BCUT2D eigenvalue weighted by Gasteiger charge is -2.27. The largest absolute Gasteiger partial charge is 0.321 e. The Hall–Kier alpha value is -2.22. The van der Waals surface area contributed by atoms with Crippen LogP contribution >= 0.6 is 0 Å². The predicted octanol–water partition coefficient (Wildman–Crippen LogP) is 1.91. The molecule has 140 valence electrons. The van der Waals surface area contributed by atoms with Crippen molar-refractivity contribution in [3.05, 3.63) is 29.8 Å². The molecule has 1 aromatic carbocycles. The van der Waals surface area contributed by atoms with Crippen LogP contribution in [-0.4, -0.2) is 48.5 Å². The summed E-state index contributed by atoms with van der Waals surface area (Å²) in [6, 6.07) is 7.13. The molecule has 1 N–H and O–H groups in total. The van der Waals surface area contributed by atoms with Gasteiger partial charge in [-0.05, 0) is 30.0 Å². The van der Waals surface area contributed by atoms with E-state index in [-0.39, 0.29) is 41.9 Å². The predicted molar refractivity (Wildman–Crippen MR) is 99.7 cm³/mol. The van der Waals surface area contributed by atoms with Crippen LogP contribution in [0.25, 0.3) is 0 Å². The highest BCUT2D eigenvalue weighted by Gasteiger charge is 2.37. The Bertz CT molecular complexity index is 861. The molecule has 7 nitrogen and oxygen atoms in total. The Morgan fingerprint density at radius 2 is 2.08 bits per heavy atom. The molecule has 1 saturated heterocycles. The molecule has 8 heteroatoms. The zero-order valence-corrected chi connectivity index (χ0v) is 15.8. The van der Waals surface area contributed by atoms with Crippen LogP contribution in [0.3, 0.4) is 0 Å². The third-order valence-corrected chi connectivity index (χ3v) is 6.44. The van der Waals surface area contributed by atoms with Crippen LogP contribution in [0.1, 0.15) is 44.6 Å². The molecule has 2 aliphatic rings. The number of hydrogen-bond acceptors (Lipinski definition) is 5. The summed E-state index contributed by atoms with van der Waals surface area (Å²) in [6.45, 7) is 4.15. The number of benzene rings is 1. The standard InChI is InChI=1S/C18H23N3O4S/c1-12(2)13-4-3-5-14(10-13)19-18(23)16-6-7-17(22)21(20-16)15-8-9-26(24,25)11-15/h3-5,10,12,15H,6-9,11H2,1-2H3,(H,19,23).